The zero-order valence-corrected chi connectivity index (χ0v) is 19.0. The third kappa shape index (κ3) is 5.66. The van der Waals surface area contributed by atoms with Crippen molar-refractivity contribution in [3.8, 4) is 22.5 Å². The van der Waals surface area contributed by atoms with Gasteiger partial charge in [-0.15, -0.1) is 10.2 Å². The first-order valence-electron chi connectivity index (χ1n) is 10.1. The molecule has 0 unspecified atom stereocenters. The number of benzene rings is 2. The van der Waals surface area contributed by atoms with E-state index < -0.39 is 0 Å². The molecule has 1 amide bonds. The predicted octanol–water partition coefficient (Wildman–Crippen LogP) is 5.22. The highest BCUT2D eigenvalue weighted by Gasteiger charge is 2.19. The molecule has 0 spiro atoms. The SMILES string of the molecule is CCC(C)(C)NC(=O)CSc1nnc(-c2ccc(C)cc2)c(-c2ccc(C)cc2)n1. The minimum atomic E-state index is -0.223. The van der Waals surface area contributed by atoms with Gasteiger partial charge in [-0.3, -0.25) is 4.79 Å². The van der Waals surface area contributed by atoms with Gasteiger partial charge in [0, 0.05) is 16.7 Å². The lowest BCUT2D eigenvalue weighted by Crippen LogP contribution is -2.43. The highest BCUT2D eigenvalue weighted by atomic mass is 32.2. The molecule has 1 heterocycles. The second-order valence-corrected chi connectivity index (χ2v) is 9.04. The summed E-state index contributed by atoms with van der Waals surface area (Å²) in [6, 6.07) is 16.4. The van der Waals surface area contributed by atoms with Gasteiger partial charge in [0.15, 0.2) is 0 Å². The number of nitrogens with one attached hydrogen (secondary N) is 1. The summed E-state index contributed by atoms with van der Waals surface area (Å²) in [6.45, 7) is 10.2. The topological polar surface area (TPSA) is 67.8 Å². The van der Waals surface area contributed by atoms with Crippen molar-refractivity contribution in [2.45, 2.75) is 51.7 Å². The number of aryl methyl sites for hydroxylation is 2. The highest BCUT2D eigenvalue weighted by molar-refractivity contribution is 7.99. The highest BCUT2D eigenvalue weighted by Crippen LogP contribution is 2.30. The van der Waals surface area contributed by atoms with Gasteiger partial charge in [0.2, 0.25) is 11.1 Å². The molecule has 0 aliphatic rings. The monoisotopic (exact) mass is 420 g/mol. The lowest BCUT2D eigenvalue weighted by molar-refractivity contribution is -0.120. The van der Waals surface area contributed by atoms with Crippen LogP contribution in [-0.4, -0.2) is 32.4 Å². The van der Waals surface area contributed by atoms with Crippen LogP contribution in [0.2, 0.25) is 0 Å². The van der Waals surface area contributed by atoms with Gasteiger partial charge in [-0.05, 0) is 34.1 Å². The maximum Gasteiger partial charge on any atom is 0.230 e. The van der Waals surface area contributed by atoms with E-state index in [0.29, 0.717) is 5.16 Å². The van der Waals surface area contributed by atoms with Crippen molar-refractivity contribution in [3.05, 3.63) is 59.7 Å². The van der Waals surface area contributed by atoms with Gasteiger partial charge in [-0.2, -0.15) is 0 Å². The molecule has 1 aromatic heterocycles. The van der Waals surface area contributed by atoms with E-state index in [1.165, 1.54) is 22.9 Å². The van der Waals surface area contributed by atoms with E-state index in [-0.39, 0.29) is 17.2 Å². The van der Waals surface area contributed by atoms with Crippen LogP contribution in [-0.2, 0) is 4.79 Å². The molecule has 0 atom stereocenters. The number of nitrogens with zero attached hydrogens (tertiary/aromatic N) is 3. The maximum atomic E-state index is 12.3. The Bertz CT molecular complexity index is 1010. The van der Waals surface area contributed by atoms with Crippen molar-refractivity contribution in [2.24, 2.45) is 0 Å². The van der Waals surface area contributed by atoms with Crippen LogP contribution in [0, 0.1) is 13.8 Å². The molecule has 0 fully saturated rings. The third-order valence-electron chi connectivity index (χ3n) is 5.01. The molecule has 0 saturated carbocycles. The Balaban J connectivity index is 1.90. The maximum absolute atomic E-state index is 12.3. The van der Waals surface area contributed by atoms with Gasteiger partial charge < -0.3 is 5.32 Å². The van der Waals surface area contributed by atoms with Gasteiger partial charge >= 0.3 is 0 Å². The normalized spacial score (nSPS) is 11.4. The van der Waals surface area contributed by atoms with Crippen molar-refractivity contribution < 1.29 is 4.79 Å². The number of thioether (sulfide) groups is 1. The zero-order chi connectivity index (χ0) is 21.7. The van der Waals surface area contributed by atoms with Crippen LogP contribution in [0.4, 0.5) is 0 Å². The minimum Gasteiger partial charge on any atom is -0.351 e. The summed E-state index contributed by atoms with van der Waals surface area (Å²) in [4.78, 5) is 17.1. The average Bonchev–Trinajstić information content (AvgIpc) is 2.73. The molecule has 0 saturated heterocycles. The van der Waals surface area contributed by atoms with Crippen LogP contribution in [0.3, 0.4) is 0 Å². The number of hydrogen-bond donors (Lipinski definition) is 1. The van der Waals surface area contributed by atoms with Crippen LogP contribution < -0.4 is 5.32 Å². The molecule has 0 aliphatic heterocycles. The van der Waals surface area contributed by atoms with E-state index in [2.05, 4.69) is 60.6 Å². The fourth-order valence-corrected chi connectivity index (χ4v) is 3.41. The predicted molar refractivity (Wildman–Crippen MR) is 123 cm³/mol. The van der Waals surface area contributed by atoms with Crippen LogP contribution in [0.15, 0.2) is 53.7 Å². The molecule has 1 N–H and O–H groups in total. The van der Waals surface area contributed by atoms with E-state index in [9.17, 15) is 4.79 Å². The smallest absolute Gasteiger partial charge is 0.230 e. The second kappa shape index (κ2) is 9.39. The van der Waals surface area contributed by atoms with Gasteiger partial charge in [-0.25, -0.2) is 4.98 Å². The third-order valence-corrected chi connectivity index (χ3v) is 5.85. The Morgan fingerprint density at radius 2 is 1.43 bits per heavy atom. The quantitative estimate of drug-likeness (QED) is 0.531. The summed E-state index contributed by atoms with van der Waals surface area (Å²) in [5, 5.41) is 12.3. The standard InChI is InChI=1S/C24H28N4OS/c1-6-24(4,5)26-20(29)15-30-23-25-21(18-11-7-16(2)8-12-18)22(27-28-23)19-13-9-17(3)10-14-19/h7-14H,6,15H2,1-5H3,(H,26,29). The van der Waals surface area contributed by atoms with Crippen molar-refractivity contribution in [1.82, 2.24) is 20.5 Å². The lowest BCUT2D eigenvalue weighted by atomic mass is 10.0. The number of carbonyl (C=O) groups is 1. The summed E-state index contributed by atoms with van der Waals surface area (Å²) < 4.78 is 0. The zero-order valence-electron chi connectivity index (χ0n) is 18.2. The van der Waals surface area contributed by atoms with E-state index >= 15 is 0 Å². The van der Waals surface area contributed by atoms with Crippen LogP contribution in [0.1, 0.15) is 38.3 Å². The van der Waals surface area contributed by atoms with Gasteiger partial charge in [0.1, 0.15) is 11.4 Å². The van der Waals surface area contributed by atoms with Crippen LogP contribution in [0.25, 0.3) is 22.5 Å². The van der Waals surface area contributed by atoms with Gasteiger partial charge in [0.05, 0.1) is 5.75 Å². The van der Waals surface area contributed by atoms with Crippen molar-refractivity contribution in [3.63, 3.8) is 0 Å². The molecular weight excluding hydrogens is 392 g/mol. The Hall–Kier alpha value is -2.73. The summed E-state index contributed by atoms with van der Waals surface area (Å²) in [5.74, 6) is 0.220. The van der Waals surface area contributed by atoms with E-state index in [1.54, 1.807) is 0 Å². The molecule has 3 aromatic rings. The van der Waals surface area contributed by atoms with Crippen LogP contribution in [0.5, 0.6) is 0 Å². The first kappa shape index (κ1) is 22.0. The Morgan fingerprint density at radius 3 is 1.97 bits per heavy atom. The molecule has 6 heteroatoms. The van der Waals surface area contributed by atoms with Gasteiger partial charge in [-0.1, -0.05) is 78.3 Å². The minimum absolute atomic E-state index is 0.0325. The number of aromatic nitrogens is 3. The summed E-state index contributed by atoms with van der Waals surface area (Å²) in [6.07, 6.45) is 0.865. The molecule has 0 bridgehead atoms. The van der Waals surface area contributed by atoms with Crippen molar-refractivity contribution in [2.75, 3.05) is 5.75 Å². The molecular formula is C24H28N4OS. The Labute approximate surface area is 182 Å². The summed E-state index contributed by atoms with van der Waals surface area (Å²) in [7, 11) is 0. The second-order valence-electron chi connectivity index (χ2n) is 8.10. The van der Waals surface area contributed by atoms with E-state index in [1.807, 2.05) is 38.1 Å². The summed E-state index contributed by atoms with van der Waals surface area (Å²) >= 11 is 1.30. The van der Waals surface area contributed by atoms with E-state index in [4.69, 9.17) is 4.98 Å². The van der Waals surface area contributed by atoms with Crippen molar-refractivity contribution >= 4 is 17.7 Å². The molecule has 5 nitrogen and oxygen atoms in total. The molecule has 156 valence electrons. The molecule has 3 rings (SSSR count). The first-order chi connectivity index (χ1) is 14.3. The molecule has 0 radical (unpaired) electrons. The molecule has 0 aliphatic carbocycles. The number of amides is 1. The summed E-state index contributed by atoms with van der Waals surface area (Å²) in [5.41, 5.74) is 5.59. The molecule has 2 aromatic carbocycles. The van der Waals surface area contributed by atoms with E-state index in [0.717, 1.165) is 28.9 Å². The first-order valence-corrected chi connectivity index (χ1v) is 11.1. The number of hydrogen-bond acceptors (Lipinski definition) is 5. The average molecular weight is 421 g/mol. The largest absolute Gasteiger partial charge is 0.351 e. The van der Waals surface area contributed by atoms with Gasteiger partial charge in [0.25, 0.3) is 0 Å². The number of rotatable bonds is 7. The Morgan fingerprint density at radius 1 is 0.900 bits per heavy atom. The van der Waals surface area contributed by atoms with Crippen LogP contribution >= 0.6 is 11.8 Å². The lowest BCUT2D eigenvalue weighted by Gasteiger charge is -2.24. The fraction of sp³-hybridized carbons (Fsp3) is 0.333. The molecule has 30 heavy (non-hydrogen) atoms. The number of carbonyl (C=O) groups excluding carboxylic acids is 1. The fourth-order valence-electron chi connectivity index (χ4n) is 2.82. The van der Waals surface area contributed by atoms with Crippen molar-refractivity contribution in [1.29, 1.82) is 0 Å². The Kier molecular flexibility index (Phi) is 6.87.